The monoisotopic (exact) mass is 322 g/mol. The highest BCUT2D eigenvalue weighted by Crippen LogP contribution is 2.23. The van der Waals surface area contributed by atoms with Crippen LogP contribution >= 0.6 is 11.8 Å². The Hall–Kier alpha value is -1.83. The summed E-state index contributed by atoms with van der Waals surface area (Å²) < 4.78 is 1.57. The Labute approximate surface area is 131 Å². The molecule has 118 valence electrons. The molecule has 8 heteroatoms. The van der Waals surface area contributed by atoms with Gasteiger partial charge in [0.05, 0.1) is 0 Å². The fourth-order valence-electron chi connectivity index (χ4n) is 2.96. The number of nitrogens with zero attached hydrogens (tertiary/aromatic N) is 3. The summed E-state index contributed by atoms with van der Waals surface area (Å²) in [6, 6.07) is 0. The van der Waals surface area contributed by atoms with Crippen LogP contribution in [-0.2, 0) is 11.3 Å². The average molecular weight is 322 g/mol. The van der Waals surface area contributed by atoms with Crippen LogP contribution < -0.4 is 11.3 Å². The van der Waals surface area contributed by atoms with Crippen molar-refractivity contribution in [2.75, 3.05) is 18.8 Å². The van der Waals surface area contributed by atoms with E-state index in [4.69, 9.17) is 5.73 Å². The summed E-state index contributed by atoms with van der Waals surface area (Å²) >= 11 is 1.53. The number of nitrogens with two attached hydrogens (primary N) is 1. The molecule has 0 atom stereocenters. The number of hydrogen-bond donors (Lipinski definition) is 1. The molecule has 2 amide bonds. The third-order valence-corrected chi connectivity index (χ3v) is 5.15. The van der Waals surface area contributed by atoms with Gasteiger partial charge in [-0.3, -0.25) is 19.0 Å². The second kappa shape index (κ2) is 6.12. The van der Waals surface area contributed by atoms with Gasteiger partial charge < -0.3 is 10.6 Å². The van der Waals surface area contributed by atoms with Gasteiger partial charge in [0.1, 0.15) is 5.56 Å². The quantitative estimate of drug-likeness (QED) is 0.795. The van der Waals surface area contributed by atoms with E-state index in [0.29, 0.717) is 31.2 Å². The second-order valence-corrected chi connectivity index (χ2v) is 6.73. The zero-order valence-electron chi connectivity index (χ0n) is 12.2. The van der Waals surface area contributed by atoms with E-state index >= 15 is 0 Å². The number of thioether (sulfide) groups is 1. The third-order valence-electron chi connectivity index (χ3n) is 4.18. The number of carbonyl (C=O) groups is 2. The summed E-state index contributed by atoms with van der Waals surface area (Å²) in [7, 11) is 0. The van der Waals surface area contributed by atoms with Crippen LogP contribution in [0.1, 0.15) is 29.6 Å². The Morgan fingerprint density at radius 3 is 2.73 bits per heavy atom. The fraction of sp³-hybridized carbons (Fsp3) is 0.571. The molecule has 0 aromatic carbocycles. The first-order valence-corrected chi connectivity index (χ1v) is 8.35. The average Bonchev–Trinajstić information content (AvgIpc) is 2.96. The minimum Gasteiger partial charge on any atom is -0.370 e. The molecule has 1 saturated heterocycles. The first-order chi connectivity index (χ1) is 10.6. The van der Waals surface area contributed by atoms with Gasteiger partial charge in [0, 0.05) is 38.0 Å². The van der Waals surface area contributed by atoms with Crippen molar-refractivity contribution in [3.8, 4) is 0 Å². The van der Waals surface area contributed by atoms with E-state index in [-0.39, 0.29) is 28.9 Å². The summed E-state index contributed by atoms with van der Waals surface area (Å²) in [6.45, 7) is 1.70. The number of amides is 2. The van der Waals surface area contributed by atoms with Gasteiger partial charge in [0.15, 0.2) is 5.16 Å². The zero-order valence-corrected chi connectivity index (χ0v) is 13.0. The van der Waals surface area contributed by atoms with Crippen molar-refractivity contribution < 1.29 is 9.59 Å². The molecule has 0 spiro atoms. The van der Waals surface area contributed by atoms with Gasteiger partial charge in [-0.1, -0.05) is 11.8 Å². The first kappa shape index (κ1) is 15.1. The van der Waals surface area contributed by atoms with Crippen LogP contribution in [0, 0.1) is 5.92 Å². The number of carbonyl (C=O) groups excluding carboxylic acids is 2. The molecule has 0 radical (unpaired) electrons. The van der Waals surface area contributed by atoms with Crippen LogP contribution in [0.4, 0.5) is 0 Å². The molecule has 22 heavy (non-hydrogen) atoms. The van der Waals surface area contributed by atoms with Crippen LogP contribution in [0.2, 0.25) is 0 Å². The van der Waals surface area contributed by atoms with Crippen molar-refractivity contribution in [3.63, 3.8) is 0 Å². The van der Waals surface area contributed by atoms with Crippen LogP contribution in [-0.4, -0.2) is 45.1 Å². The van der Waals surface area contributed by atoms with Gasteiger partial charge in [0.2, 0.25) is 5.91 Å². The standard InChI is InChI=1S/C14H18N4O3S/c15-11(19)7-9-1-3-17(4-2-9)12(20)10-8-16-14-18(13(10)21)5-6-22-14/h8-9H,1-7H2,(H2,15,19). The highest BCUT2D eigenvalue weighted by Gasteiger charge is 2.27. The van der Waals surface area contributed by atoms with E-state index in [0.717, 1.165) is 18.6 Å². The lowest BCUT2D eigenvalue weighted by molar-refractivity contribution is -0.119. The maximum absolute atomic E-state index is 12.5. The lowest BCUT2D eigenvalue weighted by Gasteiger charge is -2.31. The Morgan fingerprint density at radius 2 is 2.05 bits per heavy atom. The number of likely N-dealkylation sites (tertiary alicyclic amines) is 1. The Bertz CT molecular complexity index is 665. The van der Waals surface area contributed by atoms with E-state index in [2.05, 4.69) is 4.98 Å². The minimum absolute atomic E-state index is 0.139. The Kier molecular flexibility index (Phi) is 4.19. The Morgan fingerprint density at radius 1 is 1.32 bits per heavy atom. The molecule has 2 aliphatic heterocycles. The summed E-state index contributed by atoms with van der Waals surface area (Å²) in [6.07, 6.45) is 3.24. The van der Waals surface area contributed by atoms with E-state index < -0.39 is 0 Å². The predicted molar refractivity (Wildman–Crippen MR) is 81.7 cm³/mol. The number of aromatic nitrogens is 2. The van der Waals surface area contributed by atoms with Gasteiger partial charge in [-0.05, 0) is 18.8 Å². The smallest absolute Gasteiger partial charge is 0.267 e. The molecule has 1 aromatic rings. The van der Waals surface area contributed by atoms with Crippen LogP contribution in [0.15, 0.2) is 16.1 Å². The Balaban J connectivity index is 1.71. The molecule has 0 unspecified atom stereocenters. The van der Waals surface area contributed by atoms with E-state index in [9.17, 15) is 14.4 Å². The molecule has 1 fully saturated rings. The van der Waals surface area contributed by atoms with Crippen molar-refractivity contribution >= 4 is 23.6 Å². The van der Waals surface area contributed by atoms with Gasteiger partial charge >= 0.3 is 0 Å². The molecule has 3 rings (SSSR count). The SMILES string of the molecule is NC(=O)CC1CCN(C(=O)c2cnc3n(c2=O)CCS3)CC1. The van der Waals surface area contributed by atoms with Gasteiger partial charge in [-0.25, -0.2) is 4.98 Å². The lowest BCUT2D eigenvalue weighted by Crippen LogP contribution is -2.42. The van der Waals surface area contributed by atoms with Crippen molar-refractivity contribution in [1.82, 2.24) is 14.5 Å². The lowest BCUT2D eigenvalue weighted by atomic mass is 9.93. The normalized spacial score (nSPS) is 18.3. The van der Waals surface area contributed by atoms with E-state index in [1.165, 1.54) is 18.0 Å². The molecule has 7 nitrogen and oxygen atoms in total. The fourth-order valence-corrected chi connectivity index (χ4v) is 3.87. The molecule has 0 bridgehead atoms. The minimum atomic E-state index is -0.302. The van der Waals surface area contributed by atoms with Crippen LogP contribution in [0.3, 0.4) is 0 Å². The molecule has 0 saturated carbocycles. The number of rotatable bonds is 3. The summed E-state index contributed by atoms with van der Waals surface area (Å²) in [5.74, 6) is 0.487. The molecule has 1 aromatic heterocycles. The number of hydrogen-bond acceptors (Lipinski definition) is 5. The molecule has 3 heterocycles. The van der Waals surface area contributed by atoms with Gasteiger partial charge in [-0.15, -0.1) is 0 Å². The second-order valence-electron chi connectivity index (χ2n) is 5.67. The van der Waals surface area contributed by atoms with Gasteiger partial charge in [0.25, 0.3) is 11.5 Å². The number of primary amides is 1. The maximum atomic E-state index is 12.5. The predicted octanol–water partition coefficient (Wildman–Crippen LogP) is 0.0766. The first-order valence-electron chi connectivity index (χ1n) is 7.36. The van der Waals surface area contributed by atoms with Crippen molar-refractivity contribution in [2.24, 2.45) is 11.7 Å². The van der Waals surface area contributed by atoms with Crippen molar-refractivity contribution in [1.29, 1.82) is 0 Å². The highest BCUT2D eigenvalue weighted by atomic mass is 32.2. The zero-order chi connectivity index (χ0) is 15.7. The van der Waals surface area contributed by atoms with Crippen molar-refractivity contribution in [3.05, 3.63) is 22.1 Å². The summed E-state index contributed by atoms with van der Waals surface area (Å²) in [5.41, 5.74) is 5.09. The van der Waals surface area contributed by atoms with E-state index in [1.54, 1.807) is 9.47 Å². The largest absolute Gasteiger partial charge is 0.370 e. The highest BCUT2D eigenvalue weighted by molar-refractivity contribution is 7.99. The van der Waals surface area contributed by atoms with Gasteiger partial charge in [-0.2, -0.15) is 0 Å². The van der Waals surface area contributed by atoms with E-state index in [1.807, 2.05) is 0 Å². The maximum Gasteiger partial charge on any atom is 0.267 e. The van der Waals surface area contributed by atoms with Crippen LogP contribution in [0.5, 0.6) is 0 Å². The topological polar surface area (TPSA) is 98.3 Å². The molecule has 0 aliphatic carbocycles. The summed E-state index contributed by atoms with van der Waals surface area (Å²) in [4.78, 5) is 41.7. The third kappa shape index (κ3) is 2.87. The van der Waals surface area contributed by atoms with Crippen LogP contribution in [0.25, 0.3) is 0 Å². The van der Waals surface area contributed by atoms with Crippen molar-refractivity contribution in [2.45, 2.75) is 31.0 Å². The molecule has 2 aliphatic rings. The molecular formula is C14H18N4O3S. The number of fused-ring (bicyclic) bond motifs is 1. The number of piperidine rings is 1. The molecule has 2 N–H and O–H groups in total. The molecular weight excluding hydrogens is 304 g/mol. The summed E-state index contributed by atoms with van der Waals surface area (Å²) in [5, 5.41) is 0.682.